The third kappa shape index (κ3) is 3.68. The van der Waals surface area contributed by atoms with Crippen LogP contribution in [0.4, 0.5) is 11.4 Å². The number of fused-ring (bicyclic) bond motifs is 3. The second kappa shape index (κ2) is 7.93. The molecular weight excluding hydrogens is 358 g/mol. The summed E-state index contributed by atoms with van der Waals surface area (Å²) in [5.74, 6) is 1.48. The van der Waals surface area contributed by atoms with Gasteiger partial charge in [-0.25, -0.2) is 4.79 Å². The van der Waals surface area contributed by atoms with Crippen LogP contribution in [0.3, 0.4) is 0 Å². The molecule has 1 fully saturated rings. The standard InChI is InChI=1S/C21H25N3O4/c1-4-21(5-2,6-3)23-18(25)13-28-20(27)14-9-10-16-15(12-14)22-19(26)17-8-7-11-24(16)17/h1,9-10,12,17H,5-8,11,13H2,2-3H3,(H,22,26)(H,23,25). The predicted molar refractivity (Wildman–Crippen MR) is 106 cm³/mol. The maximum atomic E-state index is 12.3. The lowest BCUT2D eigenvalue weighted by molar-refractivity contribution is -0.125. The summed E-state index contributed by atoms with van der Waals surface area (Å²) in [7, 11) is 0. The highest BCUT2D eigenvalue weighted by atomic mass is 16.5. The Morgan fingerprint density at radius 3 is 2.82 bits per heavy atom. The molecule has 0 saturated carbocycles. The molecule has 148 valence electrons. The van der Waals surface area contributed by atoms with Crippen LogP contribution < -0.4 is 15.5 Å². The largest absolute Gasteiger partial charge is 0.452 e. The average molecular weight is 383 g/mol. The number of esters is 1. The van der Waals surface area contributed by atoms with Crippen molar-refractivity contribution < 1.29 is 19.1 Å². The molecule has 2 aliphatic heterocycles. The number of nitrogens with one attached hydrogen (secondary N) is 2. The first-order chi connectivity index (χ1) is 13.4. The van der Waals surface area contributed by atoms with Crippen LogP contribution in [-0.4, -0.2) is 42.5 Å². The first-order valence-electron chi connectivity index (χ1n) is 9.60. The van der Waals surface area contributed by atoms with E-state index in [2.05, 4.69) is 21.5 Å². The van der Waals surface area contributed by atoms with Gasteiger partial charge in [0.25, 0.3) is 5.91 Å². The molecule has 28 heavy (non-hydrogen) atoms. The van der Waals surface area contributed by atoms with E-state index in [1.165, 1.54) is 0 Å². The minimum Gasteiger partial charge on any atom is -0.452 e. The fraction of sp³-hybridized carbons (Fsp3) is 0.476. The molecule has 1 aromatic rings. The van der Waals surface area contributed by atoms with Crippen LogP contribution >= 0.6 is 0 Å². The maximum Gasteiger partial charge on any atom is 0.338 e. The van der Waals surface area contributed by atoms with Gasteiger partial charge in [-0.2, -0.15) is 0 Å². The molecule has 0 spiro atoms. The molecule has 0 aliphatic carbocycles. The molecule has 0 aromatic heterocycles. The highest BCUT2D eigenvalue weighted by Crippen LogP contribution is 2.37. The van der Waals surface area contributed by atoms with Gasteiger partial charge in [0.15, 0.2) is 6.61 Å². The quantitative estimate of drug-likeness (QED) is 0.580. The number of amides is 2. The van der Waals surface area contributed by atoms with Crippen LogP contribution in [0.15, 0.2) is 18.2 Å². The van der Waals surface area contributed by atoms with E-state index in [9.17, 15) is 14.4 Å². The summed E-state index contributed by atoms with van der Waals surface area (Å²) in [6.45, 7) is 4.19. The Kier molecular flexibility index (Phi) is 5.59. The molecule has 2 aliphatic rings. The van der Waals surface area contributed by atoms with Gasteiger partial charge in [-0.05, 0) is 43.9 Å². The van der Waals surface area contributed by atoms with Crippen molar-refractivity contribution >= 4 is 29.2 Å². The van der Waals surface area contributed by atoms with Crippen molar-refractivity contribution in [3.8, 4) is 12.3 Å². The summed E-state index contributed by atoms with van der Waals surface area (Å²) < 4.78 is 5.13. The number of carbonyl (C=O) groups is 3. The van der Waals surface area contributed by atoms with Crippen molar-refractivity contribution in [1.29, 1.82) is 0 Å². The molecule has 1 atom stereocenters. The van der Waals surface area contributed by atoms with Gasteiger partial charge in [-0.1, -0.05) is 19.8 Å². The lowest BCUT2D eigenvalue weighted by atomic mass is 9.94. The van der Waals surface area contributed by atoms with Crippen molar-refractivity contribution in [1.82, 2.24) is 5.32 Å². The lowest BCUT2D eigenvalue weighted by Gasteiger charge is -2.33. The van der Waals surface area contributed by atoms with Crippen LogP contribution in [0, 0.1) is 12.3 Å². The highest BCUT2D eigenvalue weighted by molar-refractivity contribution is 6.05. The summed E-state index contributed by atoms with van der Waals surface area (Å²) in [6.07, 6.45) is 8.49. The number of hydrogen-bond acceptors (Lipinski definition) is 5. The molecule has 7 heteroatoms. The molecular formula is C21H25N3O4. The van der Waals surface area contributed by atoms with Crippen molar-refractivity contribution in [2.45, 2.75) is 51.1 Å². The summed E-state index contributed by atoms with van der Waals surface area (Å²) in [4.78, 5) is 38.7. The maximum absolute atomic E-state index is 12.3. The smallest absolute Gasteiger partial charge is 0.338 e. The molecule has 0 radical (unpaired) electrons. The number of rotatable bonds is 6. The van der Waals surface area contributed by atoms with E-state index in [0.29, 0.717) is 18.5 Å². The monoisotopic (exact) mass is 383 g/mol. The van der Waals surface area contributed by atoms with Crippen LogP contribution in [-0.2, 0) is 14.3 Å². The lowest BCUT2D eigenvalue weighted by Crippen LogP contribution is -2.48. The normalized spacial score (nSPS) is 17.8. The van der Waals surface area contributed by atoms with Gasteiger partial charge in [0.2, 0.25) is 5.91 Å². The van der Waals surface area contributed by atoms with Gasteiger partial charge >= 0.3 is 5.97 Å². The Morgan fingerprint density at radius 2 is 2.14 bits per heavy atom. The van der Waals surface area contributed by atoms with Gasteiger partial charge in [-0.3, -0.25) is 9.59 Å². The van der Waals surface area contributed by atoms with Gasteiger partial charge < -0.3 is 20.3 Å². The van der Waals surface area contributed by atoms with E-state index in [-0.39, 0.29) is 17.5 Å². The Morgan fingerprint density at radius 1 is 1.39 bits per heavy atom. The van der Waals surface area contributed by atoms with Gasteiger partial charge in [0.05, 0.1) is 16.9 Å². The number of nitrogens with zero attached hydrogens (tertiary/aromatic N) is 1. The zero-order chi connectivity index (χ0) is 20.3. The van der Waals surface area contributed by atoms with E-state index in [1.807, 2.05) is 13.8 Å². The van der Waals surface area contributed by atoms with Crippen molar-refractivity contribution in [2.75, 3.05) is 23.4 Å². The molecule has 2 heterocycles. The van der Waals surface area contributed by atoms with Gasteiger partial charge in [-0.15, -0.1) is 6.42 Å². The third-order valence-electron chi connectivity index (χ3n) is 5.55. The number of ether oxygens (including phenoxy) is 1. The number of carbonyl (C=O) groups excluding carboxylic acids is 3. The summed E-state index contributed by atoms with van der Waals surface area (Å²) in [6, 6.07) is 4.91. The van der Waals surface area contributed by atoms with Gasteiger partial charge in [0, 0.05) is 6.54 Å². The fourth-order valence-electron chi connectivity index (χ4n) is 3.74. The SMILES string of the molecule is C#CC(CC)(CC)NC(=O)COC(=O)c1ccc2c(c1)NC(=O)C1CCCN21. The first-order valence-corrected chi connectivity index (χ1v) is 9.60. The van der Waals surface area contributed by atoms with Crippen LogP contribution in [0.2, 0.25) is 0 Å². The fourth-order valence-corrected chi connectivity index (χ4v) is 3.74. The molecule has 0 bridgehead atoms. The Hall–Kier alpha value is -3.01. The van der Waals surface area contributed by atoms with E-state index < -0.39 is 24.0 Å². The Bertz CT molecular complexity index is 839. The third-order valence-corrected chi connectivity index (χ3v) is 5.55. The van der Waals surface area contributed by atoms with Crippen molar-refractivity contribution in [3.63, 3.8) is 0 Å². The Labute approximate surface area is 164 Å². The second-order valence-corrected chi connectivity index (χ2v) is 7.13. The topological polar surface area (TPSA) is 87.7 Å². The summed E-state index contributed by atoms with van der Waals surface area (Å²) in [5, 5.41) is 5.61. The minimum absolute atomic E-state index is 0.0559. The zero-order valence-electron chi connectivity index (χ0n) is 16.2. The zero-order valence-corrected chi connectivity index (χ0v) is 16.2. The summed E-state index contributed by atoms with van der Waals surface area (Å²) >= 11 is 0. The van der Waals surface area contributed by atoms with E-state index >= 15 is 0 Å². The van der Waals surface area contributed by atoms with Gasteiger partial charge in [0.1, 0.15) is 11.6 Å². The summed E-state index contributed by atoms with van der Waals surface area (Å²) in [5.41, 5.74) is 1.04. The van der Waals surface area contributed by atoms with Crippen LogP contribution in [0.5, 0.6) is 0 Å². The van der Waals surface area contributed by atoms with E-state index in [1.54, 1.807) is 18.2 Å². The average Bonchev–Trinajstić information content (AvgIpc) is 3.21. The number of terminal acetylenes is 1. The molecule has 3 rings (SSSR count). The van der Waals surface area contributed by atoms with E-state index in [0.717, 1.165) is 25.1 Å². The van der Waals surface area contributed by atoms with Crippen LogP contribution in [0.1, 0.15) is 49.9 Å². The number of hydrogen-bond donors (Lipinski definition) is 2. The number of anilines is 2. The highest BCUT2D eigenvalue weighted by Gasteiger charge is 2.36. The molecule has 1 saturated heterocycles. The molecule has 7 nitrogen and oxygen atoms in total. The molecule has 2 N–H and O–H groups in total. The predicted octanol–water partition coefficient (Wildman–Crippen LogP) is 2.07. The first kappa shape index (κ1) is 19.7. The molecule has 1 unspecified atom stereocenters. The van der Waals surface area contributed by atoms with Crippen molar-refractivity contribution in [2.24, 2.45) is 0 Å². The molecule has 1 aromatic carbocycles. The minimum atomic E-state index is -0.730. The van der Waals surface area contributed by atoms with Crippen LogP contribution in [0.25, 0.3) is 0 Å². The Balaban J connectivity index is 1.64. The van der Waals surface area contributed by atoms with E-state index in [4.69, 9.17) is 11.2 Å². The van der Waals surface area contributed by atoms with Crippen molar-refractivity contribution in [3.05, 3.63) is 23.8 Å². The second-order valence-electron chi connectivity index (χ2n) is 7.13. The number of benzene rings is 1. The molecule has 2 amide bonds.